The maximum atomic E-state index is 7.10. The molecule has 0 atom stereocenters. The lowest BCUT2D eigenvalue weighted by Crippen LogP contribution is -2.14. The van der Waals surface area contributed by atoms with E-state index in [4.69, 9.17) is 13.9 Å². The van der Waals surface area contributed by atoms with Gasteiger partial charge in [0.15, 0.2) is 0 Å². The summed E-state index contributed by atoms with van der Waals surface area (Å²) >= 11 is 0. The Morgan fingerprint density at radius 2 is 0.782 bits per heavy atom. The molecule has 0 amide bonds. The zero-order chi connectivity index (χ0) is 37.4. The molecule has 55 heavy (non-hydrogen) atoms. The van der Waals surface area contributed by atoms with Crippen molar-refractivity contribution in [1.82, 2.24) is 0 Å². The molecule has 0 bridgehead atoms. The van der Waals surface area contributed by atoms with Crippen LogP contribution in [0.15, 0.2) is 138 Å². The Kier molecular flexibility index (Phi) is 6.50. The summed E-state index contributed by atoms with van der Waals surface area (Å²) in [6, 6.07) is 49.0. The van der Waals surface area contributed by atoms with Crippen molar-refractivity contribution in [2.75, 3.05) is 14.2 Å². The first-order valence-corrected chi connectivity index (χ1v) is 19.1. The Labute approximate surface area is 320 Å². The third kappa shape index (κ3) is 4.32. The monoisotopic (exact) mass is 712 g/mol. The first-order chi connectivity index (χ1) is 26.7. The molecule has 0 saturated heterocycles. The summed E-state index contributed by atoms with van der Waals surface area (Å²) in [6.07, 6.45) is 0. The van der Waals surface area contributed by atoms with E-state index in [0.717, 1.165) is 55.7 Å². The fourth-order valence-corrected chi connectivity index (χ4v) is 10.00. The lowest BCUT2D eigenvalue weighted by molar-refractivity contribution is 0.415. The average molecular weight is 713 g/mol. The van der Waals surface area contributed by atoms with Crippen molar-refractivity contribution in [3.8, 4) is 56.0 Å². The summed E-state index contributed by atoms with van der Waals surface area (Å²) in [5.74, 6) is 1.68. The second kappa shape index (κ2) is 11.1. The number of furan rings is 1. The molecule has 0 fully saturated rings. The highest BCUT2D eigenvalue weighted by Crippen LogP contribution is 2.55. The first kappa shape index (κ1) is 32.1. The third-order valence-corrected chi connectivity index (χ3v) is 12.9. The number of hydrogen-bond donors (Lipinski definition) is 0. The standard InChI is InChI=1S/C52H40O3/c1-51(2)43-13-9-7-11-33(43)39-23-37-35(29-15-19-31(53-5)20-16-29)27-47-49(41(37)25-45(39)51)50-42-26-46-40(34-12-8-10-14-44(34)52(46,3)4)24-38(42)36(28-48(50)55-47)30-17-21-32(54-6)22-18-30/h7-28H,1-6H3. The van der Waals surface area contributed by atoms with E-state index in [2.05, 4.69) is 137 Å². The van der Waals surface area contributed by atoms with E-state index in [1.807, 2.05) is 24.3 Å². The van der Waals surface area contributed by atoms with Crippen molar-refractivity contribution < 1.29 is 13.9 Å². The molecule has 11 rings (SSSR count). The van der Waals surface area contributed by atoms with Gasteiger partial charge in [-0.3, -0.25) is 0 Å². The highest BCUT2D eigenvalue weighted by Gasteiger charge is 2.38. The van der Waals surface area contributed by atoms with E-state index in [-0.39, 0.29) is 10.8 Å². The molecule has 9 aromatic rings. The van der Waals surface area contributed by atoms with Crippen molar-refractivity contribution in [3.05, 3.63) is 156 Å². The van der Waals surface area contributed by atoms with Crippen LogP contribution < -0.4 is 9.47 Å². The van der Waals surface area contributed by atoms with Crippen molar-refractivity contribution in [2.24, 2.45) is 0 Å². The average Bonchev–Trinajstić information content (AvgIpc) is 3.78. The molecule has 8 aromatic carbocycles. The fourth-order valence-electron chi connectivity index (χ4n) is 10.00. The predicted octanol–water partition coefficient (Wildman–Crippen LogP) is 13.9. The van der Waals surface area contributed by atoms with Gasteiger partial charge >= 0.3 is 0 Å². The maximum absolute atomic E-state index is 7.10. The Bertz CT molecular complexity index is 2880. The van der Waals surface area contributed by atoms with Gasteiger partial charge in [-0.2, -0.15) is 0 Å². The van der Waals surface area contributed by atoms with Crippen molar-refractivity contribution >= 4 is 43.5 Å². The lowest BCUT2D eigenvalue weighted by Gasteiger charge is -2.22. The van der Waals surface area contributed by atoms with Gasteiger partial charge in [0.1, 0.15) is 22.7 Å². The number of methoxy groups -OCH3 is 2. The third-order valence-electron chi connectivity index (χ3n) is 12.9. The van der Waals surface area contributed by atoms with Gasteiger partial charge in [-0.25, -0.2) is 0 Å². The molecule has 0 saturated carbocycles. The quantitative estimate of drug-likeness (QED) is 0.182. The second-order valence-corrected chi connectivity index (χ2v) is 16.4. The van der Waals surface area contributed by atoms with E-state index in [0.29, 0.717) is 0 Å². The van der Waals surface area contributed by atoms with Gasteiger partial charge in [0.25, 0.3) is 0 Å². The fraction of sp³-hybridized carbons (Fsp3) is 0.154. The summed E-state index contributed by atoms with van der Waals surface area (Å²) in [6.45, 7) is 9.45. The molecule has 3 nitrogen and oxygen atoms in total. The van der Waals surface area contributed by atoms with Gasteiger partial charge in [-0.05, 0) is 149 Å². The van der Waals surface area contributed by atoms with Gasteiger partial charge in [-0.1, -0.05) is 100 Å². The predicted molar refractivity (Wildman–Crippen MR) is 228 cm³/mol. The van der Waals surface area contributed by atoms with E-state index >= 15 is 0 Å². The van der Waals surface area contributed by atoms with E-state index in [1.165, 1.54) is 66.1 Å². The van der Waals surface area contributed by atoms with Gasteiger partial charge in [0.2, 0.25) is 0 Å². The molecule has 2 aliphatic carbocycles. The van der Waals surface area contributed by atoms with Gasteiger partial charge in [0, 0.05) is 21.6 Å². The molecule has 0 spiro atoms. The maximum Gasteiger partial charge on any atom is 0.136 e. The van der Waals surface area contributed by atoms with Crippen LogP contribution in [0.25, 0.3) is 88.0 Å². The molecule has 1 aromatic heterocycles. The molecular formula is C52H40O3. The van der Waals surface area contributed by atoms with Crippen LogP contribution in [0.2, 0.25) is 0 Å². The Morgan fingerprint density at radius 1 is 0.382 bits per heavy atom. The summed E-state index contributed by atoms with van der Waals surface area (Å²) in [7, 11) is 3.43. The van der Waals surface area contributed by atoms with Crippen LogP contribution in [0.5, 0.6) is 11.5 Å². The molecule has 1 heterocycles. The highest BCUT2D eigenvalue weighted by atomic mass is 16.5. The van der Waals surface area contributed by atoms with Crippen LogP contribution in [0.1, 0.15) is 49.9 Å². The SMILES string of the molecule is COc1ccc(-c2cc3oc4cc(-c5ccc(OC)cc5)c5cc6c(cc5c4c3c3cc4c(cc23)-c2ccccc2C4(C)C)C(C)(C)c2ccccc2-6)cc1. The van der Waals surface area contributed by atoms with Crippen LogP contribution in [0, 0.1) is 0 Å². The number of rotatable bonds is 4. The summed E-state index contributed by atoms with van der Waals surface area (Å²) in [5.41, 5.74) is 16.7. The van der Waals surface area contributed by atoms with Gasteiger partial charge in [-0.15, -0.1) is 0 Å². The van der Waals surface area contributed by atoms with Crippen LogP contribution >= 0.6 is 0 Å². The summed E-state index contributed by atoms with van der Waals surface area (Å²) in [5, 5.41) is 7.18. The minimum absolute atomic E-state index is 0.150. The normalized spacial score (nSPS) is 14.7. The van der Waals surface area contributed by atoms with Crippen LogP contribution in [0.4, 0.5) is 0 Å². The van der Waals surface area contributed by atoms with Crippen molar-refractivity contribution in [1.29, 1.82) is 0 Å². The molecule has 0 unspecified atom stereocenters. The van der Waals surface area contributed by atoms with Crippen molar-refractivity contribution in [2.45, 2.75) is 38.5 Å². The Morgan fingerprint density at radius 3 is 1.18 bits per heavy atom. The van der Waals surface area contributed by atoms with Crippen LogP contribution in [-0.4, -0.2) is 14.2 Å². The number of hydrogen-bond acceptors (Lipinski definition) is 3. The number of ether oxygens (including phenoxy) is 2. The molecule has 266 valence electrons. The molecule has 2 aliphatic rings. The topological polar surface area (TPSA) is 31.6 Å². The minimum Gasteiger partial charge on any atom is -0.497 e. The zero-order valence-electron chi connectivity index (χ0n) is 31.9. The number of benzene rings is 8. The minimum atomic E-state index is -0.150. The van der Waals surface area contributed by atoms with Gasteiger partial charge in [0.05, 0.1) is 14.2 Å². The van der Waals surface area contributed by atoms with E-state index in [1.54, 1.807) is 14.2 Å². The summed E-state index contributed by atoms with van der Waals surface area (Å²) in [4.78, 5) is 0. The molecule has 0 radical (unpaired) electrons. The molecular weight excluding hydrogens is 673 g/mol. The Balaban J connectivity index is 1.31. The second-order valence-electron chi connectivity index (χ2n) is 16.4. The van der Waals surface area contributed by atoms with Crippen molar-refractivity contribution in [3.63, 3.8) is 0 Å². The number of fused-ring (bicyclic) bond motifs is 13. The largest absolute Gasteiger partial charge is 0.497 e. The summed E-state index contributed by atoms with van der Waals surface area (Å²) < 4.78 is 18.2. The molecule has 0 N–H and O–H groups in total. The van der Waals surface area contributed by atoms with Gasteiger partial charge < -0.3 is 13.9 Å². The lowest BCUT2D eigenvalue weighted by atomic mass is 9.80. The smallest absolute Gasteiger partial charge is 0.136 e. The highest BCUT2D eigenvalue weighted by molar-refractivity contribution is 6.30. The van der Waals surface area contributed by atoms with E-state index < -0.39 is 0 Å². The molecule has 3 heteroatoms. The van der Waals surface area contributed by atoms with Crippen LogP contribution in [-0.2, 0) is 10.8 Å². The van der Waals surface area contributed by atoms with E-state index in [9.17, 15) is 0 Å². The Hall–Kier alpha value is -6.32. The zero-order valence-corrected chi connectivity index (χ0v) is 31.9. The molecule has 0 aliphatic heterocycles. The van der Waals surface area contributed by atoms with Crippen LogP contribution in [0.3, 0.4) is 0 Å². The first-order valence-electron chi connectivity index (χ1n) is 19.1.